The van der Waals surface area contributed by atoms with Gasteiger partial charge < -0.3 is 0 Å². The molecule has 0 fully saturated rings. The van der Waals surface area contributed by atoms with Gasteiger partial charge >= 0.3 is 0 Å². The Morgan fingerprint density at radius 1 is 0.600 bits per heavy atom. The Bertz CT molecular complexity index is 649. The molecule has 3 rings (SSSR count). The molecule has 0 amide bonds. The Kier molecular flexibility index (Phi) is 3.70. The van der Waals surface area contributed by atoms with Gasteiger partial charge in [0.05, 0.1) is 0 Å². The van der Waals surface area contributed by atoms with Crippen LogP contribution in [0.2, 0.25) is 0 Å². The van der Waals surface area contributed by atoms with E-state index < -0.39 is 0 Å². The lowest BCUT2D eigenvalue weighted by Gasteiger charge is -2.07. The molecule has 0 spiro atoms. The van der Waals surface area contributed by atoms with E-state index >= 15 is 0 Å². The number of rotatable bonds is 2. The first kappa shape index (κ1) is 13.1. The van der Waals surface area contributed by atoms with Crippen molar-refractivity contribution in [1.82, 2.24) is 0 Å². The van der Waals surface area contributed by atoms with E-state index in [1.807, 2.05) is 0 Å². The minimum Gasteiger partial charge on any atom is -0.0610 e. The van der Waals surface area contributed by atoms with E-state index in [9.17, 15) is 0 Å². The number of hydrogen-bond acceptors (Lipinski definition) is 0. The van der Waals surface area contributed by atoms with Crippen LogP contribution >= 0.6 is 15.9 Å². The van der Waals surface area contributed by atoms with E-state index in [-0.39, 0.29) is 0 Å². The molecule has 0 saturated carbocycles. The molecule has 3 aromatic rings. The maximum atomic E-state index is 3.48. The van der Waals surface area contributed by atoms with Gasteiger partial charge in [0, 0.05) is 4.47 Å². The molecule has 0 radical (unpaired) electrons. The third kappa shape index (κ3) is 2.83. The van der Waals surface area contributed by atoms with Crippen molar-refractivity contribution in [2.75, 3.05) is 0 Å². The zero-order valence-electron chi connectivity index (χ0n) is 11.3. The fourth-order valence-electron chi connectivity index (χ4n) is 2.27. The highest BCUT2D eigenvalue weighted by atomic mass is 79.9. The molecule has 0 bridgehead atoms. The summed E-state index contributed by atoms with van der Waals surface area (Å²) >= 11 is 3.48. The molecule has 0 atom stereocenters. The Balaban J connectivity index is 2.01. The zero-order valence-corrected chi connectivity index (χ0v) is 12.9. The van der Waals surface area contributed by atoms with E-state index in [4.69, 9.17) is 0 Å². The minimum atomic E-state index is 1.11. The second kappa shape index (κ2) is 5.64. The smallest absolute Gasteiger partial charge is 0.0175 e. The maximum absolute atomic E-state index is 3.48. The molecule has 3 aromatic carbocycles. The molecule has 0 aromatic heterocycles. The Hall–Kier alpha value is -1.86. The van der Waals surface area contributed by atoms with Crippen LogP contribution < -0.4 is 0 Å². The molecular weight excluding hydrogens is 308 g/mol. The van der Waals surface area contributed by atoms with Crippen molar-refractivity contribution in [3.63, 3.8) is 0 Å². The highest BCUT2D eigenvalue weighted by Crippen LogP contribution is 2.27. The maximum Gasteiger partial charge on any atom is 0.0175 e. The SMILES string of the molecule is Cc1ccc(-c2cccc(-c3ccc(Br)cc3)c2)cc1. The van der Waals surface area contributed by atoms with Gasteiger partial charge in [0.15, 0.2) is 0 Å². The summed E-state index contributed by atoms with van der Waals surface area (Å²) in [5.74, 6) is 0. The summed E-state index contributed by atoms with van der Waals surface area (Å²) in [5, 5.41) is 0. The summed E-state index contributed by atoms with van der Waals surface area (Å²) in [6.07, 6.45) is 0. The van der Waals surface area contributed by atoms with Crippen molar-refractivity contribution in [3.8, 4) is 22.3 Å². The van der Waals surface area contributed by atoms with Crippen LogP contribution in [0.25, 0.3) is 22.3 Å². The van der Waals surface area contributed by atoms with Gasteiger partial charge in [-0.05, 0) is 47.4 Å². The van der Waals surface area contributed by atoms with Gasteiger partial charge in [-0.15, -0.1) is 0 Å². The van der Waals surface area contributed by atoms with Crippen molar-refractivity contribution >= 4 is 15.9 Å². The standard InChI is InChI=1S/C19H15Br/c1-14-5-7-15(8-6-14)17-3-2-4-18(13-17)16-9-11-19(20)12-10-16/h2-13H,1H3. The van der Waals surface area contributed by atoms with E-state index in [0.717, 1.165) is 4.47 Å². The molecule has 0 aliphatic heterocycles. The minimum absolute atomic E-state index is 1.11. The summed E-state index contributed by atoms with van der Waals surface area (Å²) in [6, 6.07) is 25.8. The molecule has 0 N–H and O–H groups in total. The van der Waals surface area contributed by atoms with Gasteiger partial charge in [-0.25, -0.2) is 0 Å². The van der Waals surface area contributed by atoms with Crippen LogP contribution in [-0.2, 0) is 0 Å². The fourth-order valence-corrected chi connectivity index (χ4v) is 2.53. The van der Waals surface area contributed by atoms with Crippen molar-refractivity contribution in [2.24, 2.45) is 0 Å². The van der Waals surface area contributed by atoms with Gasteiger partial charge in [-0.3, -0.25) is 0 Å². The second-order valence-electron chi connectivity index (χ2n) is 4.95. The van der Waals surface area contributed by atoms with E-state index in [2.05, 4.69) is 95.7 Å². The van der Waals surface area contributed by atoms with Crippen molar-refractivity contribution in [3.05, 3.63) is 82.8 Å². The Morgan fingerprint density at radius 2 is 1.10 bits per heavy atom. The average Bonchev–Trinajstić information content (AvgIpc) is 2.49. The molecule has 0 nitrogen and oxygen atoms in total. The van der Waals surface area contributed by atoms with Crippen molar-refractivity contribution in [2.45, 2.75) is 6.92 Å². The number of benzene rings is 3. The number of halogens is 1. The lowest BCUT2D eigenvalue weighted by Crippen LogP contribution is -1.82. The molecule has 0 heterocycles. The summed E-state index contributed by atoms with van der Waals surface area (Å²) in [7, 11) is 0. The predicted molar refractivity (Wildman–Crippen MR) is 89.8 cm³/mol. The molecular formula is C19H15Br. The highest BCUT2D eigenvalue weighted by Gasteiger charge is 2.01. The first-order chi connectivity index (χ1) is 9.72. The fraction of sp³-hybridized carbons (Fsp3) is 0.0526. The van der Waals surface area contributed by atoms with E-state index in [1.54, 1.807) is 0 Å². The van der Waals surface area contributed by atoms with Crippen molar-refractivity contribution < 1.29 is 0 Å². The van der Waals surface area contributed by atoms with Crippen LogP contribution in [0.15, 0.2) is 77.3 Å². The summed E-state index contributed by atoms with van der Waals surface area (Å²) in [6.45, 7) is 2.11. The lowest BCUT2D eigenvalue weighted by molar-refractivity contribution is 1.47. The molecule has 1 heteroatoms. The van der Waals surface area contributed by atoms with Crippen LogP contribution in [0, 0.1) is 6.92 Å². The Morgan fingerprint density at radius 3 is 1.65 bits per heavy atom. The molecule has 0 saturated heterocycles. The van der Waals surface area contributed by atoms with Crippen LogP contribution in [0.5, 0.6) is 0 Å². The van der Waals surface area contributed by atoms with Crippen LogP contribution in [0.1, 0.15) is 5.56 Å². The highest BCUT2D eigenvalue weighted by molar-refractivity contribution is 9.10. The molecule has 0 unspecified atom stereocenters. The normalized spacial score (nSPS) is 10.5. The van der Waals surface area contributed by atoms with E-state index in [1.165, 1.54) is 27.8 Å². The molecule has 98 valence electrons. The topological polar surface area (TPSA) is 0 Å². The summed E-state index contributed by atoms with van der Waals surface area (Å²) < 4.78 is 1.11. The molecule has 0 aliphatic rings. The third-order valence-electron chi connectivity index (χ3n) is 3.43. The zero-order chi connectivity index (χ0) is 13.9. The third-order valence-corrected chi connectivity index (χ3v) is 3.95. The monoisotopic (exact) mass is 322 g/mol. The van der Waals surface area contributed by atoms with Gasteiger partial charge in [0.1, 0.15) is 0 Å². The predicted octanol–water partition coefficient (Wildman–Crippen LogP) is 6.09. The molecule has 0 aliphatic carbocycles. The second-order valence-corrected chi connectivity index (χ2v) is 5.87. The summed E-state index contributed by atoms with van der Waals surface area (Å²) in [5.41, 5.74) is 6.29. The van der Waals surface area contributed by atoms with Crippen LogP contribution in [0.4, 0.5) is 0 Å². The first-order valence-corrected chi connectivity index (χ1v) is 7.45. The number of hydrogen-bond donors (Lipinski definition) is 0. The van der Waals surface area contributed by atoms with Crippen LogP contribution in [0.3, 0.4) is 0 Å². The summed E-state index contributed by atoms with van der Waals surface area (Å²) in [4.78, 5) is 0. The van der Waals surface area contributed by atoms with Gasteiger partial charge in [-0.2, -0.15) is 0 Å². The first-order valence-electron chi connectivity index (χ1n) is 6.65. The quantitative estimate of drug-likeness (QED) is 0.535. The van der Waals surface area contributed by atoms with Gasteiger partial charge in [0.25, 0.3) is 0 Å². The van der Waals surface area contributed by atoms with E-state index in [0.29, 0.717) is 0 Å². The largest absolute Gasteiger partial charge is 0.0610 e. The van der Waals surface area contributed by atoms with Crippen molar-refractivity contribution in [1.29, 1.82) is 0 Å². The average molecular weight is 323 g/mol. The van der Waals surface area contributed by atoms with Gasteiger partial charge in [-0.1, -0.05) is 76.1 Å². The van der Waals surface area contributed by atoms with Crippen LogP contribution in [-0.4, -0.2) is 0 Å². The Labute approximate surface area is 128 Å². The number of aryl methyl sites for hydroxylation is 1. The lowest BCUT2D eigenvalue weighted by atomic mass is 9.99. The molecule has 20 heavy (non-hydrogen) atoms. The van der Waals surface area contributed by atoms with Gasteiger partial charge in [0.2, 0.25) is 0 Å².